The number of amides is 1. The van der Waals surface area contributed by atoms with Crippen LogP contribution in [0.4, 0.5) is 27.6 Å². The maximum absolute atomic E-state index is 13.8. The lowest BCUT2D eigenvalue weighted by molar-refractivity contribution is -0.143. The molecule has 26 heavy (non-hydrogen) atoms. The van der Waals surface area contributed by atoms with E-state index in [1.54, 1.807) is 0 Å². The van der Waals surface area contributed by atoms with Crippen LogP contribution in [0.15, 0.2) is 36.5 Å². The highest BCUT2D eigenvalue weighted by Gasteiger charge is 2.45. The van der Waals surface area contributed by atoms with Crippen molar-refractivity contribution < 1.29 is 26.7 Å². The number of hydrogen-bond donors (Lipinski definition) is 2. The van der Waals surface area contributed by atoms with Gasteiger partial charge in [-0.3, -0.25) is 4.79 Å². The quantitative estimate of drug-likeness (QED) is 0.812. The van der Waals surface area contributed by atoms with Crippen molar-refractivity contribution in [3.63, 3.8) is 0 Å². The Balaban J connectivity index is 1.74. The molecule has 2 N–H and O–H groups in total. The summed E-state index contributed by atoms with van der Waals surface area (Å²) in [4.78, 5) is 12.1. The van der Waals surface area contributed by atoms with Crippen LogP contribution in [0.2, 0.25) is 0 Å². The van der Waals surface area contributed by atoms with E-state index in [9.17, 15) is 26.7 Å². The second-order valence-corrected chi connectivity index (χ2v) is 5.94. The normalized spacial score (nSPS) is 20.0. The minimum atomic E-state index is -4.57. The van der Waals surface area contributed by atoms with Gasteiger partial charge in [-0.15, -0.1) is 0 Å². The Hall–Kier alpha value is -2.49. The fourth-order valence-electron chi connectivity index (χ4n) is 2.80. The Kier molecular flexibility index (Phi) is 4.70. The Morgan fingerprint density at radius 3 is 2.54 bits per heavy atom. The number of nitrogens with zero attached hydrogens (tertiary/aromatic N) is 2. The molecule has 1 atom stereocenters. The van der Waals surface area contributed by atoms with Gasteiger partial charge in [0.25, 0.3) is 5.92 Å². The number of aromatic nitrogens is 2. The molecule has 1 fully saturated rings. The first-order chi connectivity index (χ1) is 12.2. The molecule has 1 amide bonds. The van der Waals surface area contributed by atoms with E-state index in [1.165, 1.54) is 24.3 Å². The van der Waals surface area contributed by atoms with E-state index in [0.29, 0.717) is 11.2 Å². The predicted molar refractivity (Wildman–Crippen MR) is 83.1 cm³/mol. The average molecular weight is 374 g/mol. The molecule has 0 saturated carbocycles. The molecule has 0 radical (unpaired) electrons. The maximum atomic E-state index is 13.8. The second kappa shape index (κ2) is 6.67. The molecule has 0 bridgehead atoms. The van der Waals surface area contributed by atoms with Crippen LogP contribution in [-0.4, -0.2) is 34.7 Å². The first kappa shape index (κ1) is 18.3. The summed E-state index contributed by atoms with van der Waals surface area (Å²) in [7, 11) is 0. The van der Waals surface area contributed by atoms with E-state index in [0.717, 1.165) is 12.3 Å². The largest absolute Gasteiger partial charge is 0.433 e. The van der Waals surface area contributed by atoms with Gasteiger partial charge in [0, 0.05) is 5.69 Å². The number of anilines is 1. The van der Waals surface area contributed by atoms with Gasteiger partial charge in [-0.2, -0.15) is 18.3 Å². The summed E-state index contributed by atoms with van der Waals surface area (Å²) in [5, 5.41) is 8.56. The average Bonchev–Trinajstić information content (AvgIpc) is 3.05. The smallest absolute Gasteiger partial charge is 0.326 e. The first-order valence-electron chi connectivity index (χ1n) is 7.79. The molecule has 0 aliphatic carbocycles. The van der Waals surface area contributed by atoms with Crippen LogP contribution in [0, 0.1) is 5.92 Å². The number of carbonyl (C=O) groups excluding carboxylic acids is 1. The van der Waals surface area contributed by atoms with Crippen molar-refractivity contribution in [2.24, 2.45) is 5.92 Å². The van der Waals surface area contributed by atoms with E-state index >= 15 is 0 Å². The molecule has 2 heterocycles. The molecule has 3 rings (SSSR count). The summed E-state index contributed by atoms with van der Waals surface area (Å²) in [5.74, 6) is -5.43. The van der Waals surface area contributed by atoms with Gasteiger partial charge in [0.05, 0.1) is 18.4 Å². The van der Waals surface area contributed by atoms with Crippen LogP contribution in [0.3, 0.4) is 0 Å². The zero-order valence-electron chi connectivity index (χ0n) is 13.4. The van der Waals surface area contributed by atoms with Crippen molar-refractivity contribution in [3.05, 3.63) is 42.2 Å². The Morgan fingerprint density at radius 1 is 1.23 bits per heavy atom. The first-order valence-corrected chi connectivity index (χ1v) is 7.79. The lowest BCUT2D eigenvalue weighted by Gasteiger charge is -2.30. The fourth-order valence-corrected chi connectivity index (χ4v) is 2.80. The summed E-state index contributed by atoms with van der Waals surface area (Å²) in [5.41, 5.74) is -0.593. The summed E-state index contributed by atoms with van der Waals surface area (Å²) in [6.07, 6.45) is -3.54. The molecule has 2 aromatic rings. The van der Waals surface area contributed by atoms with E-state index in [-0.39, 0.29) is 17.8 Å². The van der Waals surface area contributed by atoms with E-state index in [4.69, 9.17) is 0 Å². The highest BCUT2D eigenvalue weighted by Crippen LogP contribution is 2.32. The maximum Gasteiger partial charge on any atom is 0.433 e. The van der Waals surface area contributed by atoms with Crippen molar-refractivity contribution in [1.29, 1.82) is 0 Å². The SMILES string of the molecule is O=C(Nc1ccc(-n2nccc2C(F)(F)F)cc1)C1CCNCC1(F)F. The van der Waals surface area contributed by atoms with Gasteiger partial charge < -0.3 is 10.6 Å². The third kappa shape index (κ3) is 3.69. The van der Waals surface area contributed by atoms with Crippen molar-refractivity contribution in [2.45, 2.75) is 18.5 Å². The highest BCUT2D eigenvalue weighted by atomic mass is 19.4. The van der Waals surface area contributed by atoms with Crippen LogP contribution in [0.1, 0.15) is 12.1 Å². The number of nitrogens with one attached hydrogen (secondary N) is 2. The number of hydrogen-bond acceptors (Lipinski definition) is 3. The topological polar surface area (TPSA) is 59.0 Å². The van der Waals surface area contributed by atoms with Gasteiger partial charge in [0.2, 0.25) is 5.91 Å². The lowest BCUT2D eigenvalue weighted by Crippen LogP contribution is -2.50. The zero-order chi connectivity index (χ0) is 18.9. The Bertz CT molecular complexity index is 785. The number of piperidine rings is 1. The molecule has 1 unspecified atom stereocenters. The number of rotatable bonds is 3. The minimum Gasteiger partial charge on any atom is -0.326 e. The molecular weight excluding hydrogens is 359 g/mol. The molecule has 10 heteroatoms. The Morgan fingerprint density at radius 2 is 1.92 bits per heavy atom. The molecule has 140 valence electrons. The number of benzene rings is 1. The minimum absolute atomic E-state index is 0.000846. The summed E-state index contributed by atoms with van der Waals surface area (Å²) in [6.45, 7) is -0.254. The van der Waals surface area contributed by atoms with Gasteiger partial charge in [0.15, 0.2) is 0 Å². The van der Waals surface area contributed by atoms with Crippen LogP contribution < -0.4 is 10.6 Å². The summed E-state index contributed by atoms with van der Waals surface area (Å²) >= 11 is 0. The molecular formula is C16H15F5N4O. The zero-order valence-corrected chi connectivity index (χ0v) is 13.4. The van der Waals surface area contributed by atoms with Gasteiger partial charge >= 0.3 is 6.18 Å². The van der Waals surface area contributed by atoms with E-state index < -0.39 is 36.2 Å². The van der Waals surface area contributed by atoms with Crippen molar-refractivity contribution in [2.75, 3.05) is 18.4 Å². The summed E-state index contributed by atoms with van der Waals surface area (Å²) in [6, 6.07) is 6.16. The third-order valence-corrected chi connectivity index (χ3v) is 4.11. The second-order valence-electron chi connectivity index (χ2n) is 5.94. The van der Waals surface area contributed by atoms with Crippen molar-refractivity contribution >= 4 is 11.6 Å². The van der Waals surface area contributed by atoms with Crippen LogP contribution in [0.25, 0.3) is 5.69 Å². The highest BCUT2D eigenvalue weighted by molar-refractivity contribution is 5.93. The predicted octanol–water partition coefficient (Wildman–Crippen LogP) is 3.07. The molecule has 1 aromatic heterocycles. The monoisotopic (exact) mass is 374 g/mol. The molecule has 1 aliphatic rings. The van der Waals surface area contributed by atoms with Crippen molar-refractivity contribution in [3.8, 4) is 5.69 Å². The molecule has 1 aliphatic heterocycles. The van der Waals surface area contributed by atoms with Crippen LogP contribution in [0.5, 0.6) is 0 Å². The summed E-state index contributed by atoms with van der Waals surface area (Å²) < 4.78 is 67.0. The number of carbonyl (C=O) groups is 1. The molecule has 0 spiro atoms. The van der Waals surface area contributed by atoms with Crippen LogP contribution >= 0.6 is 0 Å². The van der Waals surface area contributed by atoms with Gasteiger partial charge in [-0.25, -0.2) is 13.5 Å². The number of alkyl halides is 5. The lowest BCUT2D eigenvalue weighted by atomic mass is 9.93. The Labute approximate surface area is 145 Å². The van der Waals surface area contributed by atoms with Gasteiger partial charge in [-0.05, 0) is 43.3 Å². The molecule has 5 nitrogen and oxygen atoms in total. The number of halogens is 5. The van der Waals surface area contributed by atoms with Gasteiger partial charge in [0.1, 0.15) is 11.6 Å². The van der Waals surface area contributed by atoms with E-state index in [1.807, 2.05) is 0 Å². The third-order valence-electron chi connectivity index (χ3n) is 4.11. The molecule has 1 saturated heterocycles. The van der Waals surface area contributed by atoms with Gasteiger partial charge in [-0.1, -0.05) is 0 Å². The molecule has 1 aromatic carbocycles. The van der Waals surface area contributed by atoms with Crippen LogP contribution in [-0.2, 0) is 11.0 Å². The van der Waals surface area contributed by atoms with Crippen molar-refractivity contribution in [1.82, 2.24) is 15.1 Å². The fraction of sp³-hybridized carbons (Fsp3) is 0.375. The van der Waals surface area contributed by atoms with E-state index in [2.05, 4.69) is 15.7 Å². The standard InChI is InChI=1S/C16H15F5N4O/c17-15(18)9-22-7-5-12(15)14(26)24-10-1-3-11(4-2-10)25-13(6-8-23-25)16(19,20)21/h1-4,6,8,12,22H,5,7,9H2,(H,24,26).